The van der Waals surface area contributed by atoms with Crippen LogP contribution in [0.1, 0.15) is 16.7 Å². The Hall–Kier alpha value is -2.52. The molecule has 0 atom stereocenters. The van der Waals surface area contributed by atoms with Gasteiger partial charge in [0, 0.05) is 26.2 Å². The minimum Gasteiger partial charge on any atom is -0.435 e. The number of rotatable bonds is 6. The number of carbonyl (C=O) groups is 1. The van der Waals surface area contributed by atoms with Gasteiger partial charge in [0.1, 0.15) is 5.75 Å². The normalized spacial score (nSPS) is 15.4. The quantitative estimate of drug-likeness (QED) is 0.696. The van der Waals surface area contributed by atoms with Crippen molar-refractivity contribution >= 4 is 15.9 Å². The van der Waals surface area contributed by atoms with Gasteiger partial charge in [-0.2, -0.15) is 13.1 Å². The molecule has 3 rings (SSSR count). The van der Waals surface area contributed by atoms with E-state index in [9.17, 15) is 22.0 Å². The summed E-state index contributed by atoms with van der Waals surface area (Å²) in [5.74, 6) is -0.105. The molecule has 2 aromatic carbocycles. The van der Waals surface area contributed by atoms with E-state index in [2.05, 4.69) is 4.74 Å². The topological polar surface area (TPSA) is 66.9 Å². The van der Waals surface area contributed by atoms with Crippen LogP contribution in [-0.4, -0.2) is 56.3 Å². The summed E-state index contributed by atoms with van der Waals surface area (Å²) in [4.78, 5) is 14.4. The molecule has 0 unspecified atom stereocenters. The summed E-state index contributed by atoms with van der Waals surface area (Å²) in [7, 11) is -3.60. The van der Waals surface area contributed by atoms with Crippen LogP contribution < -0.4 is 4.74 Å². The largest absolute Gasteiger partial charge is 0.435 e. The fourth-order valence-electron chi connectivity index (χ4n) is 3.28. The number of aryl methyl sites for hydroxylation is 2. The van der Waals surface area contributed by atoms with E-state index in [1.807, 2.05) is 13.8 Å². The van der Waals surface area contributed by atoms with Gasteiger partial charge in [-0.15, -0.1) is 0 Å². The first-order valence-electron chi connectivity index (χ1n) is 9.56. The van der Waals surface area contributed by atoms with E-state index in [-0.39, 0.29) is 36.1 Å². The Morgan fingerprint density at radius 1 is 1.00 bits per heavy atom. The number of amides is 1. The number of nitrogens with zero attached hydrogens (tertiary/aromatic N) is 2. The minimum atomic E-state index is -3.60. The van der Waals surface area contributed by atoms with Crippen molar-refractivity contribution in [1.29, 1.82) is 0 Å². The number of halogens is 2. The molecule has 162 valence electrons. The van der Waals surface area contributed by atoms with Gasteiger partial charge < -0.3 is 9.64 Å². The molecule has 0 N–H and O–H groups in total. The molecule has 6 nitrogen and oxygen atoms in total. The summed E-state index contributed by atoms with van der Waals surface area (Å²) in [5.41, 5.74) is 2.61. The molecular formula is C21H24F2N2O4S. The Morgan fingerprint density at radius 3 is 2.20 bits per heavy atom. The molecular weight excluding hydrogens is 414 g/mol. The Balaban J connectivity index is 1.58. The third kappa shape index (κ3) is 5.14. The molecule has 1 amide bonds. The molecule has 1 aliphatic heterocycles. The highest BCUT2D eigenvalue weighted by Gasteiger charge is 2.30. The fourth-order valence-corrected chi connectivity index (χ4v) is 4.78. The number of hydrogen-bond donors (Lipinski definition) is 0. The summed E-state index contributed by atoms with van der Waals surface area (Å²) in [5, 5.41) is 0. The van der Waals surface area contributed by atoms with E-state index in [1.165, 1.54) is 16.4 Å². The standard InChI is InChI=1S/C21H24F2N2O4S/c1-15-3-8-19(13-16(15)2)30(27,28)25-11-9-24(10-12-25)20(26)14-17-4-6-18(7-5-17)29-21(22)23/h3-8,13,21H,9-12,14H2,1-2H3. The van der Waals surface area contributed by atoms with Crippen molar-refractivity contribution in [2.45, 2.75) is 31.8 Å². The molecule has 1 heterocycles. The van der Waals surface area contributed by atoms with Crippen LogP contribution in [0, 0.1) is 13.8 Å². The lowest BCUT2D eigenvalue weighted by Crippen LogP contribution is -2.50. The molecule has 0 radical (unpaired) electrons. The molecule has 9 heteroatoms. The Kier molecular flexibility index (Phi) is 6.72. The number of ether oxygens (including phenoxy) is 1. The fraction of sp³-hybridized carbons (Fsp3) is 0.381. The highest BCUT2D eigenvalue weighted by atomic mass is 32.2. The summed E-state index contributed by atoms with van der Waals surface area (Å²) in [6.07, 6.45) is 0.110. The Morgan fingerprint density at radius 2 is 1.63 bits per heavy atom. The molecule has 1 aliphatic rings. The minimum absolute atomic E-state index is 0.0337. The number of hydrogen-bond acceptors (Lipinski definition) is 4. The van der Waals surface area contributed by atoms with Crippen LogP contribution in [0.15, 0.2) is 47.4 Å². The van der Waals surface area contributed by atoms with Crippen LogP contribution in [0.3, 0.4) is 0 Å². The lowest BCUT2D eigenvalue weighted by molar-refractivity contribution is -0.131. The number of sulfonamides is 1. The first-order valence-corrected chi connectivity index (χ1v) is 11.0. The van der Waals surface area contributed by atoms with Crippen LogP contribution in [0.2, 0.25) is 0 Å². The molecule has 0 saturated carbocycles. The maximum absolute atomic E-state index is 12.9. The Labute approximate surface area is 175 Å². The average Bonchev–Trinajstić information content (AvgIpc) is 2.71. The molecule has 1 saturated heterocycles. The van der Waals surface area contributed by atoms with Gasteiger partial charge in [0.15, 0.2) is 0 Å². The second kappa shape index (κ2) is 9.09. The van der Waals surface area contributed by atoms with Gasteiger partial charge in [-0.3, -0.25) is 4.79 Å². The zero-order valence-electron chi connectivity index (χ0n) is 16.8. The predicted octanol–water partition coefficient (Wildman–Crippen LogP) is 2.98. The summed E-state index contributed by atoms with van der Waals surface area (Å²) in [6, 6.07) is 11.0. The second-order valence-electron chi connectivity index (χ2n) is 7.23. The van der Waals surface area contributed by atoms with Crippen molar-refractivity contribution < 1.29 is 26.7 Å². The third-order valence-electron chi connectivity index (χ3n) is 5.21. The van der Waals surface area contributed by atoms with Crippen molar-refractivity contribution in [3.8, 4) is 5.75 Å². The van der Waals surface area contributed by atoms with Gasteiger partial charge in [-0.25, -0.2) is 8.42 Å². The number of piperazine rings is 1. The van der Waals surface area contributed by atoms with Crippen LogP contribution in [0.25, 0.3) is 0 Å². The van der Waals surface area contributed by atoms with E-state index in [1.54, 1.807) is 35.2 Å². The molecule has 1 fully saturated rings. The maximum Gasteiger partial charge on any atom is 0.387 e. The van der Waals surface area contributed by atoms with Gasteiger partial charge in [-0.05, 0) is 54.8 Å². The first-order chi connectivity index (χ1) is 14.2. The van der Waals surface area contributed by atoms with Crippen LogP contribution in [0.4, 0.5) is 8.78 Å². The van der Waals surface area contributed by atoms with Gasteiger partial charge >= 0.3 is 6.61 Å². The summed E-state index contributed by atoms with van der Waals surface area (Å²) >= 11 is 0. The highest BCUT2D eigenvalue weighted by molar-refractivity contribution is 7.89. The van der Waals surface area contributed by atoms with E-state index >= 15 is 0 Å². The Bertz CT molecular complexity index is 1000. The molecule has 0 aromatic heterocycles. The molecule has 0 spiro atoms. The van der Waals surface area contributed by atoms with Crippen molar-refractivity contribution in [3.05, 3.63) is 59.2 Å². The SMILES string of the molecule is Cc1ccc(S(=O)(=O)N2CCN(C(=O)Cc3ccc(OC(F)F)cc3)CC2)cc1C. The van der Waals surface area contributed by atoms with Gasteiger partial charge in [0.25, 0.3) is 0 Å². The maximum atomic E-state index is 12.9. The van der Waals surface area contributed by atoms with Crippen molar-refractivity contribution in [2.24, 2.45) is 0 Å². The zero-order valence-corrected chi connectivity index (χ0v) is 17.7. The monoisotopic (exact) mass is 438 g/mol. The van der Waals surface area contributed by atoms with E-state index in [0.29, 0.717) is 18.7 Å². The van der Waals surface area contributed by atoms with Crippen LogP contribution in [-0.2, 0) is 21.2 Å². The van der Waals surface area contributed by atoms with Crippen LogP contribution in [0.5, 0.6) is 5.75 Å². The second-order valence-corrected chi connectivity index (χ2v) is 9.17. The third-order valence-corrected chi connectivity index (χ3v) is 7.11. The van der Waals surface area contributed by atoms with Crippen molar-refractivity contribution in [1.82, 2.24) is 9.21 Å². The predicted molar refractivity (Wildman–Crippen MR) is 108 cm³/mol. The van der Waals surface area contributed by atoms with Gasteiger partial charge in [-0.1, -0.05) is 18.2 Å². The number of carbonyl (C=O) groups excluding carboxylic acids is 1. The van der Waals surface area contributed by atoms with Crippen molar-refractivity contribution in [2.75, 3.05) is 26.2 Å². The van der Waals surface area contributed by atoms with Gasteiger partial charge in [0.05, 0.1) is 11.3 Å². The molecule has 0 aliphatic carbocycles. The summed E-state index contributed by atoms with van der Waals surface area (Å²) in [6.45, 7) is 1.95. The number of alkyl halides is 2. The lowest BCUT2D eigenvalue weighted by Gasteiger charge is -2.34. The lowest BCUT2D eigenvalue weighted by atomic mass is 10.1. The average molecular weight is 438 g/mol. The van der Waals surface area contributed by atoms with E-state index < -0.39 is 16.6 Å². The molecule has 30 heavy (non-hydrogen) atoms. The summed E-state index contributed by atoms with van der Waals surface area (Å²) < 4.78 is 55.9. The molecule has 2 aromatic rings. The number of benzene rings is 2. The van der Waals surface area contributed by atoms with E-state index in [4.69, 9.17) is 0 Å². The first kappa shape index (κ1) is 22.2. The van der Waals surface area contributed by atoms with E-state index in [0.717, 1.165) is 11.1 Å². The van der Waals surface area contributed by atoms with Crippen LogP contribution >= 0.6 is 0 Å². The van der Waals surface area contributed by atoms with Gasteiger partial charge in [0.2, 0.25) is 15.9 Å². The highest BCUT2D eigenvalue weighted by Crippen LogP contribution is 2.21. The molecule has 0 bridgehead atoms. The zero-order chi connectivity index (χ0) is 21.9. The van der Waals surface area contributed by atoms with Crippen molar-refractivity contribution in [3.63, 3.8) is 0 Å². The smallest absolute Gasteiger partial charge is 0.387 e.